The Morgan fingerprint density at radius 3 is 1.66 bits per heavy atom. The van der Waals surface area contributed by atoms with Crippen molar-refractivity contribution in [3.8, 4) is 0 Å². The van der Waals surface area contributed by atoms with Crippen molar-refractivity contribution in [1.82, 2.24) is 0 Å². The van der Waals surface area contributed by atoms with Gasteiger partial charge in [-0.2, -0.15) is 0 Å². The molecule has 0 N–H and O–H groups in total. The van der Waals surface area contributed by atoms with E-state index in [1.165, 1.54) is 6.42 Å². The molecule has 1 saturated heterocycles. The highest BCUT2D eigenvalue weighted by molar-refractivity contribution is 6.74. The minimum atomic E-state index is -1.67. The number of hydrogen-bond acceptors (Lipinski definition) is 7. The lowest BCUT2D eigenvalue weighted by Crippen LogP contribution is -2.41. The SMILES string of the molecule is CC(C)(C)[Si](C)(C)OCCOCCOCCOCCOCCOC1CCCCO1. The maximum atomic E-state index is 6.06. The van der Waals surface area contributed by atoms with Gasteiger partial charge in [-0.05, 0) is 37.4 Å². The van der Waals surface area contributed by atoms with Crippen LogP contribution in [0.4, 0.5) is 0 Å². The van der Waals surface area contributed by atoms with Crippen molar-refractivity contribution in [1.29, 1.82) is 0 Å². The molecule has 0 radical (unpaired) electrons. The Morgan fingerprint density at radius 1 is 0.724 bits per heavy atom. The molecule has 0 aliphatic carbocycles. The van der Waals surface area contributed by atoms with Gasteiger partial charge in [0.15, 0.2) is 14.6 Å². The Balaban J connectivity index is 1.75. The van der Waals surface area contributed by atoms with Gasteiger partial charge in [0.05, 0.1) is 66.1 Å². The second-order valence-corrected chi connectivity index (χ2v) is 13.5. The Bertz CT molecular complexity index is 382. The van der Waals surface area contributed by atoms with E-state index in [-0.39, 0.29) is 11.3 Å². The lowest BCUT2D eigenvalue weighted by Gasteiger charge is -2.36. The molecular weight excluding hydrogens is 392 g/mol. The summed E-state index contributed by atoms with van der Waals surface area (Å²) in [6, 6.07) is 0. The first-order valence-electron chi connectivity index (χ1n) is 11.0. The number of rotatable bonds is 17. The first kappa shape index (κ1) is 27.0. The molecule has 1 fully saturated rings. The molecule has 0 aromatic heterocycles. The smallest absolute Gasteiger partial charge is 0.192 e. The van der Waals surface area contributed by atoms with Crippen LogP contribution in [0.5, 0.6) is 0 Å². The van der Waals surface area contributed by atoms with Gasteiger partial charge in [-0.15, -0.1) is 0 Å². The standard InChI is InChI=1S/C21H44O7Si/c1-21(2,3)29(4,5)28-19-17-25-15-13-23-11-10-22-12-14-24-16-18-27-20-8-6-7-9-26-20/h20H,6-19H2,1-5H3. The first-order chi connectivity index (χ1) is 13.8. The monoisotopic (exact) mass is 436 g/mol. The van der Waals surface area contributed by atoms with Crippen molar-refractivity contribution in [2.24, 2.45) is 0 Å². The zero-order chi connectivity index (χ0) is 21.4. The fraction of sp³-hybridized carbons (Fsp3) is 1.00. The van der Waals surface area contributed by atoms with E-state index in [4.69, 9.17) is 32.8 Å². The van der Waals surface area contributed by atoms with Crippen molar-refractivity contribution in [2.45, 2.75) is 64.5 Å². The van der Waals surface area contributed by atoms with E-state index < -0.39 is 8.32 Å². The molecule has 0 bridgehead atoms. The van der Waals surface area contributed by atoms with Crippen LogP contribution in [0.1, 0.15) is 40.0 Å². The van der Waals surface area contributed by atoms with E-state index in [1.807, 2.05) is 0 Å². The van der Waals surface area contributed by atoms with Crippen molar-refractivity contribution in [2.75, 3.05) is 72.7 Å². The Kier molecular flexibility index (Phi) is 14.6. The minimum absolute atomic E-state index is 0.0468. The van der Waals surface area contributed by atoms with Crippen LogP contribution in [0, 0.1) is 0 Å². The molecule has 1 aliphatic heterocycles. The number of ether oxygens (including phenoxy) is 6. The molecule has 0 spiro atoms. The molecule has 7 nitrogen and oxygen atoms in total. The third-order valence-electron chi connectivity index (χ3n) is 5.28. The van der Waals surface area contributed by atoms with Crippen LogP contribution in [0.2, 0.25) is 18.1 Å². The molecule has 1 unspecified atom stereocenters. The van der Waals surface area contributed by atoms with Crippen LogP contribution in [-0.2, 0) is 32.8 Å². The summed E-state index contributed by atoms with van der Waals surface area (Å²) >= 11 is 0. The topological polar surface area (TPSA) is 64.6 Å². The van der Waals surface area contributed by atoms with E-state index in [1.54, 1.807) is 0 Å². The maximum Gasteiger partial charge on any atom is 0.192 e. The summed E-state index contributed by atoms with van der Waals surface area (Å²) in [6.07, 6.45) is 3.25. The summed E-state index contributed by atoms with van der Waals surface area (Å²) in [7, 11) is -1.67. The van der Waals surface area contributed by atoms with Gasteiger partial charge in [0.1, 0.15) is 0 Å². The highest BCUT2D eigenvalue weighted by Gasteiger charge is 2.36. The zero-order valence-electron chi connectivity index (χ0n) is 19.3. The van der Waals surface area contributed by atoms with Crippen LogP contribution in [0.25, 0.3) is 0 Å². The molecule has 1 aliphatic rings. The molecule has 0 aromatic rings. The Hall–Kier alpha value is -0.0631. The zero-order valence-corrected chi connectivity index (χ0v) is 20.3. The normalized spacial score (nSPS) is 18.3. The van der Waals surface area contributed by atoms with Crippen LogP contribution in [0.15, 0.2) is 0 Å². The fourth-order valence-corrected chi connectivity index (χ4v) is 3.44. The van der Waals surface area contributed by atoms with Gasteiger partial charge in [0.25, 0.3) is 0 Å². The molecule has 1 heterocycles. The van der Waals surface area contributed by atoms with Gasteiger partial charge in [0, 0.05) is 6.61 Å². The predicted octanol–water partition coefficient (Wildman–Crippen LogP) is 3.62. The molecular formula is C21H44O7Si. The summed E-state index contributed by atoms with van der Waals surface area (Å²) in [4.78, 5) is 0. The van der Waals surface area contributed by atoms with Gasteiger partial charge in [0.2, 0.25) is 0 Å². The Morgan fingerprint density at radius 2 is 1.21 bits per heavy atom. The maximum absolute atomic E-state index is 6.06. The van der Waals surface area contributed by atoms with Gasteiger partial charge in [-0.1, -0.05) is 20.8 Å². The highest BCUT2D eigenvalue weighted by Crippen LogP contribution is 2.36. The lowest BCUT2D eigenvalue weighted by atomic mass is 10.2. The van der Waals surface area contributed by atoms with Crippen molar-refractivity contribution < 1.29 is 32.8 Å². The summed E-state index contributed by atoms with van der Waals surface area (Å²) in [6.45, 7) is 17.8. The predicted molar refractivity (Wildman–Crippen MR) is 116 cm³/mol. The van der Waals surface area contributed by atoms with Gasteiger partial charge >= 0.3 is 0 Å². The minimum Gasteiger partial charge on any atom is -0.414 e. The van der Waals surface area contributed by atoms with Gasteiger partial charge < -0.3 is 32.8 Å². The Labute approximate surface area is 178 Å². The van der Waals surface area contributed by atoms with Gasteiger partial charge in [-0.3, -0.25) is 0 Å². The van der Waals surface area contributed by atoms with Gasteiger partial charge in [-0.25, -0.2) is 0 Å². The molecule has 1 rings (SSSR count). The van der Waals surface area contributed by atoms with E-state index in [0.29, 0.717) is 66.1 Å². The van der Waals surface area contributed by atoms with Crippen molar-refractivity contribution in [3.05, 3.63) is 0 Å². The van der Waals surface area contributed by atoms with E-state index in [9.17, 15) is 0 Å². The second kappa shape index (κ2) is 15.7. The molecule has 174 valence electrons. The lowest BCUT2D eigenvalue weighted by molar-refractivity contribution is -0.169. The van der Waals surface area contributed by atoms with E-state index >= 15 is 0 Å². The average molecular weight is 437 g/mol. The highest BCUT2D eigenvalue weighted by atomic mass is 28.4. The fourth-order valence-electron chi connectivity index (χ4n) is 2.42. The molecule has 1 atom stereocenters. The summed E-state index contributed by atoms with van der Waals surface area (Å²) in [5.74, 6) is 0. The van der Waals surface area contributed by atoms with Crippen LogP contribution in [0.3, 0.4) is 0 Å². The largest absolute Gasteiger partial charge is 0.414 e. The van der Waals surface area contributed by atoms with Crippen molar-refractivity contribution in [3.63, 3.8) is 0 Å². The summed E-state index contributed by atoms with van der Waals surface area (Å²) in [5.41, 5.74) is 0. The summed E-state index contributed by atoms with van der Waals surface area (Å²) < 4.78 is 39.1. The third-order valence-corrected chi connectivity index (χ3v) is 9.82. The molecule has 0 saturated carbocycles. The molecule has 0 aromatic carbocycles. The van der Waals surface area contributed by atoms with Crippen molar-refractivity contribution >= 4 is 8.32 Å². The average Bonchev–Trinajstić information content (AvgIpc) is 2.67. The van der Waals surface area contributed by atoms with Crippen LogP contribution >= 0.6 is 0 Å². The van der Waals surface area contributed by atoms with Crippen LogP contribution < -0.4 is 0 Å². The number of hydrogen-bond donors (Lipinski definition) is 0. The molecule has 8 heteroatoms. The van der Waals surface area contributed by atoms with E-state index in [2.05, 4.69) is 33.9 Å². The quantitative estimate of drug-likeness (QED) is 0.255. The first-order valence-corrected chi connectivity index (χ1v) is 13.9. The second-order valence-electron chi connectivity index (χ2n) is 8.73. The summed E-state index contributed by atoms with van der Waals surface area (Å²) in [5, 5.41) is 0.235. The van der Waals surface area contributed by atoms with E-state index in [0.717, 1.165) is 19.4 Å². The third kappa shape index (κ3) is 13.8. The molecule has 29 heavy (non-hydrogen) atoms. The van der Waals surface area contributed by atoms with Crippen LogP contribution in [-0.4, -0.2) is 87.3 Å². The molecule has 0 amide bonds.